The molecule has 0 aliphatic rings. The Kier molecular flexibility index (Phi) is 4.33. The van der Waals surface area contributed by atoms with Gasteiger partial charge in [-0.1, -0.05) is 17.7 Å². The van der Waals surface area contributed by atoms with Crippen molar-refractivity contribution in [3.8, 4) is 0 Å². The van der Waals surface area contributed by atoms with Crippen molar-refractivity contribution in [2.75, 3.05) is 0 Å². The van der Waals surface area contributed by atoms with Crippen LogP contribution in [0, 0.1) is 0 Å². The van der Waals surface area contributed by atoms with Gasteiger partial charge < -0.3 is 5.32 Å². The van der Waals surface area contributed by atoms with Crippen molar-refractivity contribution in [1.82, 2.24) is 10.3 Å². The summed E-state index contributed by atoms with van der Waals surface area (Å²) in [6.45, 7) is 1.97. The highest BCUT2D eigenvalue weighted by Gasteiger charge is 2.11. The maximum Gasteiger partial charge on any atom is 0.270 e. The van der Waals surface area contributed by atoms with E-state index in [0.29, 0.717) is 10.8 Å². The number of halogens is 1. The van der Waals surface area contributed by atoms with Crippen LogP contribution in [-0.4, -0.2) is 16.9 Å². The fourth-order valence-corrected chi connectivity index (χ4v) is 2.49. The Balaban J connectivity index is 1.95. The van der Waals surface area contributed by atoms with E-state index in [9.17, 15) is 4.79 Å². The largest absolute Gasteiger partial charge is 0.348 e. The summed E-state index contributed by atoms with van der Waals surface area (Å²) in [7, 11) is 0. The number of carbonyl (C=O) groups is 1. The molecule has 18 heavy (non-hydrogen) atoms. The molecule has 0 fully saturated rings. The zero-order chi connectivity index (χ0) is 13.0. The Labute approximate surface area is 115 Å². The third-order valence-electron chi connectivity index (χ3n) is 2.45. The predicted molar refractivity (Wildman–Crippen MR) is 74.2 cm³/mol. The zero-order valence-electron chi connectivity index (χ0n) is 9.89. The maximum absolute atomic E-state index is 11.9. The zero-order valence-corrected chi connectivity index (χ0v) is 11.5. The number of thiophene rings is 1. The molecule has 5 heteroatoms. The monoisotopic (exact) mass is 280 g/mol. The molecule has 1 unspecified atom stereocenters. The van der Waals surface area contributed by atoms with E-state index < -0.39 is 0 Å². The number of hydrogen-bond donors (Lipinski definition) is 1. The lowest BCUT2D eigenvalue weighted by atomic mass is 10.1. The van der Waals surface area contributed by atoms with Crippen molar-refractivity contribution in [2.24, 2.45) is 0 Å². The molecule has 0 aromatic carbocycles. The number of amides is 1. The first-order valence-corrected chi connectivity index (χ1v) is 6.92. The number of carbonyl (C=O) groups excluding carboxylic acids is 1. The molecule has 94 valence electrons. The van der Waals surface area contributed by atoms with Gasteiger partial charge in [0.1, 0.15) is 10.8 Å². The molecule has 3 nitrogen and oxygen atoms in total. The van der Waals surface area contributed by atoms with Crippen molar-refractivity contribution in [3.05, 3.63) is 51.4 Å². The van der Waals surface area contributed by atoms with Crippen LogP contribution in [0.5, 0.6) is 0 Å². The molecular formula is C13H13ClN2OS. The quantitative estimate of drug-likeness (QED) is 0.874. The molecule has 0 bridgehead atoms. The van der Waals surface area contributed by atoms with E-state index >= 15 is 0 Å². The molecule has 0 aliphatic carbocycles. The summed E-state index contributed by atoms with van der Waals surface area (Å²) in [5.74, 6) is -0.194. The molecule has 1 N–H and O–H groups in total. The average Bonchev–Trinajstić information content (AvgIpc) is 2.81. The van der Waals surface area contributed by atoms with Gasteiger partial charge >= 0.3 is 0 Å². The first kappa shape index (κ1) is 13.1. The van der Waals surface area contributed by atoms with Gasteiger partial charge in [0.05, 0.1) is 0 Å². The molecule has 1 amide bonds. The lowest BCUT2D eigenvalue weighted by molar-refractivity contribution is 0.0935. The highest BCUT2D eigenvalue weighted by atomic mass is 35.5. The van der Waals surface area contributed by atoms with Crippen LogP contribution in [0.2, 0.25) is 5.15 Å². The van der Waals surface area contributed by atoms with E-state index in [1.54, 1.807) is 29.5 Å². The second-order valence-corrected chi connectivity index (χ2v) is 5.22. The summed E-state index contributed by atoms with van der Waals surface area (Å²) in [5, 5.41) is 7.35. The Morgan fingerprint density at radius 2 is 2.33 bits per heavy atom. The third kappa shape index (κ3) is 3.55. The fourth-order valence-electron chi connectivity index (χ4n) is 1.65. The van der Waals surface area contributed by atoms with Crippen LogP contribution in [0.25, 0.3) is 0 Å². The van der Waals surface area contributed by atoms with Crippen LogP contribution in [0.1, 0.15) is 23.0 Å². The second kappa shape index (κ2) is 5.98. The lowest BCUT2D eigenvalue weighted by Crippen LogP contribution is -2.34. The minimum Gasteiger partial charge on any atom is -0.348 e. The molecule has 0 spiro atoms. The summed E-state index contributed by atoms with van der Waals surface area (Å²) in [6.07, 6.45) is 0.815. The van der Waals surface area contributed by atoms with Gasteiger partial charge in [0.15, 0.2) is 0 Å². The molecule has 0 saturated carbocycles. The maximum atomic E-state index is 11.9. The number of nitrogens with one attached hydrogen (secondary N) is 1. The number of hydrogen-bond acceptors (Lipinski definition) is 3. The van der Waals surface area contributed by atoms with E-state index in [2.05, 4.69) is 21.7 Å². The SMILES string of the molecule is CC(Cc1ccsc1)NC(=O)c1cccc(Cl)n1. The first-order chi connectivity index (χ1) is 8.65. The first-order valence-electron chi connectivity index (χ1n) is 5.59. The van der Waals surface area contributed by atoms with E-state index in [4.69, 9.17) is 11.6 Å². The van der Waals surface area contributed by atoms with E-state index in [-0.39, 0.29) is 11.9 Å². The van der Waals surface area contributed by atoms with Crippen LogP contribution in [-0.2, 0) is 6.42 Å². The molecule has 1 atom stereocenters. The fraction of sp³-hybridized carbons (Fsp3) is 0.231. The molecule has 2 rings (SSSR count). The topological polar surface area (TPSA) is 42.0 Å². The highest BCUT2D eigenvalue weighted by molar-refractivity contribution is 7.07. The number of nitrogens with zero attached hydrogens (tertiary/aromatic N) is 1. The molecule has 2 aromatic rings. The Bertz CT molecular complexity index is 528. The van der Waals surface area contributed by atoms with Gasteiger partial charge in [0, 0.05) is 6.04 Å². The number of aromatic nitrogens is 1. The highest BCUT2D eigenvalue weighted by Crippen LogP contribution is 2.09. The van der Waals surface area contributed by atoms with Crippen LogP contribution < -0.4 is 5.32 Å². The third-order valence-corrected chi connectivity index (χ3v) is 3.39. The predicted octanol–water partition coefficient (Wildman–Crippen LogP) is 3.16. The minimum atomic E-state index is -0.194. The Morgan fingerprint density at radius 1 is 1.50 bits per heavy atom. The molecule has 0 aliphatic heterocycles. The van der Waals surface area contributed by atoms with Gasteiger partial charge in [0.25, 0.3) is 5.91 Å². The molecule has 0 radical (unpaired) electrons. The Morgan fingerprint density at radius 3 is 3.00 bits per heavy atom. The van der Waals surface area contributed by atoms with Crippen molar-refractivity contribution in [1.29, 1.82) is 0 Å². The van der Waals surface area contributed by atoms with Gasteiger partial charge in [-0.15, -0.1) is 0 Å². The lowest BCUT2D eigenvalue weighted by Gasteiger charge is -2.12. The van der Waals surface area contributed by atoms with E-state index in [1.165, 1.54) is 5.56 Å². The summed E-state index contributed by atoms with van der Waals surface area (Å²) in [4.78, 5) is 15.9. The average molecular weight is 281 g/mol. The summed E-state index contributed by atoms with van der Waals surface area (Å²) >= 11 is 7.41. The normalized spacial score (nSPS) is 12.1. The minimum absolute atomic E-state index is 0.0629. The van der Waals surface area contributed by atoms with Crippen LogP contribution >= 0.6 is 22.9 Å². The van der Waals surface area contributed by atoms with Crippen molar-refractivity contribution < 1.29 is 4.79 Å². The van der Waals surface area contributed by atoms with Crippen molar-refractivity contribution >= 4 is 28.8 Å². The molecule has 0 saturated heterocycles. The molecular weight excluding hydrogens is 268 g/mol. The second-order valence-electron chi connectivity index (χ2n) is 4.06. The molecule has 2 heterocycles. The van der Waals surface area contributed by atoms with Gasteiger partial charge in [-0.25, -0.2) is 4.98 Å². The van der Waals surface area contributed by atoms with Gasteiger partial charge in [-0.3, -0.25) is 4.79 Å². The summed E-state index contributed by atoms with van der Waals surface area (Å²) < 4.78 is 0. The van der Waals surface area contributed by atoms with Gasteiger partial charge in [-0.2, -0.15) is 11.3 Å². The van der Waals surface area contributed by atoms with E-state index in [1.807, 2.05) is 12.3 Å². The smallest absolute Gasteiger partial charge is 0.270 e. The van der Waals surface area contributed by atoms with Crippen molar-refractivity contribution in [3.63, 3.8) is 0 Å². The van der Waals surface area contributed by atoms with E-state index in [0.717, 1.165) is 6.42 Å². The Hall–Kier alpha value is -1.39. The van der Waals surface area contributed by atoms with Crippen molar-refractivity contribution in [2.45, 2.75) is 19.4 Å². The summed E-state index contributed by atoms with van der Waals surface area (Å²) in [5.41, 5.74) is 1.58. The van der Waals surface area contributed by atoms with Gasteiger partial charge in [-0.05, 0) is 47.9 Å². The number of pyridine rings is 1. The standard InChI is InChI=1S/C13H13ClN2OS/c1-9(7-10-5-6-18-8-10)15-13(17)11-3-2-4-12(14)16-11/h2-6,8-9H,7H2,1H3,(H,15,17). The van der Waals surface area contributed by atoms with Crippen LogP contribution in [0.4, 0.5) is 0 Å². The summed E-state index contributed by atoms with van der Waals surface area (Å²) in [6, 6.07) is 7.14. The molecule has 2 aromatic heterocycles. The van der Waals surface area contributed by atoms with Crippen LogP contribution in [0.3, 0.4) is 0 Å². The number of rotatable bonds is 4. The van der Waals surface area contributed by atoms with Gasteiger partial charge in [0.2, 0.25) is 0 Å². The van der Waals surface area contributed by atoms with Crippen LogP contribution in [0.15, 0.2) is 35.0 Å².